The van der Waals surface area contributed by atoms with Gasteiger partial charge >= 0.3 is 0 Å². The lowest BCUT2D eigenvalue weighted by molar-refractivity contribution is -0.865. The molecule has 0 bridgehead atoms. The van der Waals surface area contributed by atoms with E-state index in [-0.39, 0.29) is 22.5 Å². The standard InChI is InChI=1S/C25H34N6O3/c1-5-7-17-9-10-18(21(32)16-30-11-13-31(4,34)14-12-30)15-19(17)24-26-22-20(8-6-2)28-29(3)23(22)25(33)27-24/h9-10,15H,5-8,11-14,16H2,1-4H3,(H,26,27,33). The summed E-state index contributed by atoms with van der Waals surface area (Å²) in [6.45, 7) is 6.65. The number of piperazine rings is 1. The first-order valence-corrected chi connectivity index (χ1v) is 12.1. The minimum atomic E-state index is -0.254. The van der Waals surface area contributed by atoms with Crippen molar-refractivity contribution >= 4 is 16.8 Å². The molecule has 0 unspecified atom stereocenters. The van der Waals surface area contributed by atoms with Crippen LogP contribution >= 0.6 is 0 Å². The largest absolute Gasteiger partial charge is 0.633 e. The first kappa shape index (κ1) is 24.3. The lowest BCUT2D eigenvalue weighted by Crippen LogP contribution is -2.54. The number of benzene rings is 1. The van der Waals surface area contributed by atoms with Crippen LogP contribution in [-0.2, 0) is 19.9 Å². The van der Waals surface area contributed by atoms with Gasteiger partial charge in [-0.25, -0.2) is 4.98 Å². The third-order valence-electron chi connectivity index (χ3n) is 6.60. The van der Waals surface area contributed by atoms with E-state index in [0.717, 1.165) is 42.5 Å². The van der Waals surface area contributed by atoms with Crippen LogP contribution in [0.4, 0.5) is 0 Å². The fraction of sp³-hybridized carbons (Fsp3) is 0.520. The fourth-order valence-electron chi connectivity index (χ4n) is 4.62. The maximum atomic E-state index is 13.1. The predicted octanol–water partition coefficient (Wildman–Crippen LogP) is 2.67. The van der Waals surface area contributed by atoms with Gasteiger partial charge in [0.15, 0.2) is 11.3 Å². The Labute approximate surface area is 199 Å². The number of nitrogens with zero attached hydrogens (tertiary/aromatic N) is 5. The highest BCUT2D eigenvalue weighted by molar-refractivity contribution is 5.98. The summed E-state index contributed by atoms with van der Waals surface area (Å²) in [6, 6.07) is 5.68. The highest BCUT2D eigenvalue weighted by atomic mass is 16.5. The van der Waals surface area contributed by atoms with Crippen LogP contribution in [-0.4, -0.2) is 74.8 Å². The molecule has 1 saturated heterocycles. The number of aromatic nitrogens is 4. The normalized spacial score (nSPS) is 16.3. The summed E-state index contributed by atoms with van der Waals surface area (Å²) in [7, 11) is 3.44. The van der Waals surface area contributed by atoms with Gasteiger partial charge in [-0.05, 0) is 24.5 Å². The van der Waals surface area contributed by atoms with Crippen molar-refractivity contribution in [1.29, 1.82) is 0 Å². The van der Waals surface area contributed by atoms with Crippen molar-refractivity contribution < 1.29 is 9.44 Å². The number of quaternary nitrogens is 1. The average Bonchev–Trinajstić information content (AvgIpc) is 3.11. The molecule has 0 radical (unpaired) electrons. The van der Waals surface area contributed by atoms with Gasteiger partial charge in [0, 0.05) is 31.3 Å². The molecule has 34 heavy (non-hydrogen) atoms. The summed E-state index contributed by atoms with van der Waals surface area (Å²) in [5, 5.41) is 16.6. The number of H-pyrrole nitrogens is 1. The smallest absolute Gasteiger partial charge is 0.277 e. The van der Waals surface area contributed by atoms with E-state index in [1.807, 2.05) is 23.1 Å². The van der Waals surface area contributed by atoms with E-state index in [1.54, 1.807) is 18.8 Å². The van der Waals surface area contributed by atoms with Gasteiger partial charge in [0.05, 0.1) is 32.4 Å². The highest BCUT2D eigenvalue weighted by Crippen LogP contribution is 2.25. The molecule has 0 saturated carbocycles. The molecular formula is C25H34N6O3. The molecule has 9 heteroatoms. The molecule has 0 spiro atoms. The lowest BCUT2D eigenvalue weighted by Gasteiger charge is -2.45. The Morgan fingerprint density at radius 1 is 1.18 bits per heavy atom. The number of aryl methyl sites for hydroxylation is 3. The molecule has 0 aliphatic carbocycles. The maximum absolute atomic E-state index is 13.1. The summed E-state index contributed by atoms with van der Waals surface area (Å²) < 4.78 is 1.34. The van der Waals surface area contributed by atoms with Crippen LogP contribution in [0.3, 0.4) is 0 Å². The number of hydrogen-bond donors (Lipinski definition) is 1. The number of carbonyl (C=O) groups is 1. The number of hydroxylamine groups is 3. The van der Waals surface area contributed by atoms with Crippen molar-refractivity contribution in [3.05, 3.63) is 50.6 Å². The van der Waals surface area contributed by atoms with Gasteiger partial charge < -0.3 is 14.8 Å². The van der Waals surface area contributed by atoms with E-state index in [4.69, 9.17) is 4.98 Å². The van der Waals surface area contributed by atoms with E-state index < -0.39 is 0 Å². The first-order valence-electron chi connectivity index (χ1n) is 12.1. The van der Waals surface area contributed by atoms with Crippen molar-refractivity contribution in [1.82, 2.24) is 24.6 Å². The topological polar surface area (TPSA) is 107 Å². The summed E-state index contributed by atoms with van der Waals surface area (Å²) in [6.07, 6.45) is 3.39. The molecule has 1 aliphatic heterocycles. The Balaban J connectivity index is 1.70. The number of Topliss-reactive ketones (excluding diaryl/α,β-unsaturated/α-hetero) is 1. The lowest BCUT2D eigenvalue weighted by atomic mass is 9.97. The highest BCUT2D eigenvalue weighted by Gasteiger charge is 2.24. The second-order valence-corrected chi connectivity index (χ2v) is 9.50. The quantitative estimate of drug-likeness (QED) is 0.311. The van der Waals surface area contributed by atoms with Gasteiger partial charge in [-0.15, -0.1) is 0 Å². The van der Waals surface area contributed by atoms with Gasteiger partial charge in [0.1, 0.15) is 11.3 Å². The zero-order chi connectivity index (χ0) is 24.5. The van der Waals surface area contributed by atoms with Gasteiger partial charge in [-0.3, -0.25) is 19.2 Å². The SMILES string of the molecule is CCCc1ccc(C(=O)CN2CC[N+](C)([O-])CC2)cc1-c1nc2c(CCC)nn(C)c2c(=O)[nH]1. The van der Waals surface area contributed by atoms with Gasteiger partial charge in [-0.1, -0.05) is 38.8 Å². The van der Waals surface area contributed by atoms with E-state index in [9.17, 15) is 14.8 Å². The molecule has 4 rings (SSSR count). The summed E-state index contributed by atoms with van der Waals surface area (Å²) in [4.78, 5) is 35.9. The van der Waals surface area contributed by atoms with Crippen molar-refractivity contribution in [2.45, 2.75) is 39.5 Å². The summed E-state index contributed by atoms with van der Waals surface area (Å²) >= 11 is 0. The van der Waals surface area contributed by atoms with Gasteiger partial charge in [0.2, 0.25) is 0 Å². The van der Waals surface area contributed by atoms with E-state index in [0.29, 0.717) is 48.6 Å². The number of fused-ring (bicyclic) bond motifs is 1. The predicted molar refractivity (Wildman–Crippen MR) is 133 cm³/mol. The molecular weight excluding hydrogens is 432 g/mol. The molecule has 1 N–H and O–H groups in total. The maximum Gasteiger partial charge on any atom is 0.277 e. The Morgan fingerprint density at radius 3 is 2.56 bits per heavy atom. The molecule has 1 fully saturated rings. The van der Waals surface area contributed by atoms with Crippen LogP contribution < -0.4 is 5.56 Å². The zero-order valence-electron chi connectivity index (χ0n) is 20.6. The van der Waals surface area contributed by atoms with E-state index in [2.05, 4.69) is 23.9 Å². The van der Waals surface area contributed by atoms with Crippen LogP contribution in [0.1, 0.15) is 48.3 Å². The van der Waals surface area contributed by atoms with Crippen molar-refractivity contribution in [2.24, 2.45) is 7.05 Å². The van der Waals surface area contributed by atoms with Crippen LogP contribution in [0.25, 0.3) is 22.4 Å². The van der Waals surface area contributed by atoms with Crippen LogP contribution in [0, 0.1) is 5.21 Å². The zero-order valence-corrected chi connectivity index (χ0v) is 20.6. The van der Waals surface area contributed by atoms with E-state index >= 15 is 0 Å². The Morgan fingerprint density at radius 2 is 1.88 bits per heavy atom. The Kier molecular flexibility index (Phi) is 6.97. The van der Waals surface area contributed by atoms with Gasteiger partial charge in [-0.2, -0.15) is 5.10 Å². The van der Waals surface area contributed by atoms with Crippen LogP contribution in [0.15, 0.2) is 23.0 Å². The Bertz CT molecular complexity index is 1250. The van der Waals surface area contributed by atoms with Crippen molar-refractivity contribution in [3.8, 4) is 11.4 Å². The minimum Gasteiger partial charge on any atom is -0.633 e. The molecule has 3 heterocycles. The average molecular weight is 467 g/mol. The second kappa shape index (κ2) is 9.77. The third-order valence-corrected chi connectivity index (χ3v) is 6.60. The minimum absolute atomic E-state index is 0.00257. The number of likely N-dealkylation sites (N-methyl/N-ethyl adjacent to an activating group) is 1. The molecule has 1 aliphatic rings. The summed E-state index contributed by atoms with van der Waals surface area (Å²) in [5.41, 5.74) is 4.07. The Hall–Kier alpha value is -2.88. The number of carbonyl (C=O) groups excluding carboxylic acids is 1. The number of aromatic amines is 1. The monoisotopic (exact) mass is 466 g/mol. The molecule has 9 nitrogen and oxygen atoms in total. The molecule has 3 aromatic rings. The van der Waals surface area contributed by atoms with Gasteiger partial charge in [0.25, 0.3) is 5.56 Å². The molecule has 2 aromatic heterocycles. The second-order valence-electron chi connectivity index (χ2n) is 9.50. The molecule has 182 valence electrons. The fourth-order valence-corrected chi connectivity index (χ4v) is 4.62. The molecule has 0 amide bonds. The summed E-state index contributed by atoms with van der Waals surface area (Å²) in [5.74, 6) is 0.473. The van der Waals surface area contributed by atoms with Crippen LogP contribution in [0.5, 0.6) is 0 Å². The molecule has 1 aromatic carbocycles. The van der Waals surface area contributed by atoms with E-state index in [1.165, 1.54) is 0 Å². The molecule has 0 atom stereocenters. The number of ketones is 1. The number of rotatable bonds is 8. The number of nitrogens with one attached hydrogen (secondary N) is 1. The van der Waals surface area contributed by atoms with Crippen molar-refractivity contribution in [3.63, 3.8) is 0 Å². The number of hydrogen-bond acceptors (Lipinski definition) is 6. The third kappa shape index (κ3) is 4.96. The first-order chi connectivity index (χ1) is 16.2. The van der Waals surface area contributed by atoms with Crippen LogP contribution in [0.2, 0.25) is 0 Å². The van der Waals surface area contributed by atoms with Crippen molar-refractivity contribution in [2.75, 3.05) is 39.8 Å².